The summed E-state index contributed by atoms with van der Waals surface area (Å²) < 4.78 is 19.9. The van der Waals surface area contributed by atoms with Crippen LogP contribution in [0.5, 0.6) is 5.75 Å². The molecule has 0 N–H and O–H groups in total. The molecule has 0 atom stereocenters. The van der Waals surface area contributed by atoms with Crippen LogP contribution in [-0.2, 0) is 6.42 Å². The lowest BCUT2D eigenvalue weighted by atomic mass is 10.0. The van der Waals surface area contributed by atoms with E-state index >= 15 is 0 Å². The zero-order valence-corrected chi connectivity index (χ0v) is 13.8. The van der Waals surface area contributed by atoms with Crippen LogP contribution in [0.2, 0.25) is 0 Å². The van der Waals surface area contributed by atoms with Crippen molar-refractivity contribution in [3.63, 3.8) is 0 Å². The first-order chi connectivity index (χ1) is 9.51. The van der Waals surface area contributed by atoms with E-state index in [-0.39, 0.29) is 12.2 Å². The Labute approximate surface area is 133 Å². The predicted octanol–water partition coefficient (Wildman–Crippen LogP) is 4.78. The molecule has 104 valence electrons. The number of rotatable bonds is 4. The van der Waals surface area contributed by atoms with Crippen molar-refractivity contribution in [2.45, 2.75) is 6.42 Å². The van der Waals surface area contributed by atoms with Gasteiger partial charge in [-0.2, -0.15) is 0 Å². The molecule has 0 aliphatic rings. The smallest absolute Gasteiger partial charge is 0.167 e. The minimum atomic E-state index is -0.447. The van der Waals surface area contributed by atoms with Crippen LogP contribution in [0.1, 0.15) is 15.9 Å². The van der Waals surface area contributed by atoms with Crippen LogP contribution in [0.3, 0.4) is 0 Å². The maximum Gasteiger partial charge on any atom is 0.167 e. The summed E-state index contributed by atoms with van der Waals surface area (Å²) >= 11 is 6.42. The highest BCUT2D eigenvalue weighted by Crippen LogP contribution is 2.25. The van der Waals surface area contributed by atoms with Crippen LogP contribution >= 0.6 is 31.9 Å². The normalized spacial score (nSPS) is 10.4. The van der Waals surface area contributed by atoms with Gasteiger partial charge in [-0.3, -0.25) is 4.79 Å². The fraction of sp³-hybridized carbons (Fsp3) is 0.133. The van der Waals surface area contributed by atoms with Crippen molar-refractivity contribution in [1.82, 2.24) is 0 Å². The lowest BCUT2D eigenvalue weighted by molar-refractivity contribution is 0.0991. The molecule has 0 heterocycles. The average Bonchev–Trinajstić information content (AvgIpc) is 2.42. The van der Waals surface area contributed by atoms with Crippen LogP contribution in [0.4, 0.5) is 4.39 Å². The summed E-state index contributed by atoms with van der Waals surface area (Å²) in [6.07, 6.45) is 0.156. The third kappa shape index (κ3) is 3.46. The van der Waals surface area contributed by atoms with Gasteiger partial charge in [-0.15, -0.1) is 0 Å². The molecule has 0 bridgehead atoms. The van der Waals surface area contributed by atoms with Crippen molar-refractivity contribution < 1.29 is 13.9 Å². The van der Waals surface area contributed by atoms with Crippen LogP contribution < -0.4 is 4.74 Å². The third-order valence-corrected chi connectivity index (χ3v) is 3.97. The van der Waals surface area contributed by atoms with Gasteiger partial charge in [-0.25, -0.2) is 4.39 Å². The number of ether oxygens (including phenoxy) is 1. The van der Waals surface area contributed by atoms with Crippen molar-refractivity contribution >= 4 is 37.6 Å². The molecule has 0 fully saturated rings. The summed E-state index contributed by atoms with van der Waals surface area (Å²) in [5.74, 6) is 0.0315. The van der Waals surface area contributed by atoms with E-state index in [0.717, 1.165) is 10.0 Å². The zero-order chi connectivity index (χ0) is 14.7. The molecule has 20 heavy (non-hydrogen) atoms. The van der Waals surface area contributed by atoms with Gasteiger partial charge in [0.15, 0.2) is 5.78 Å². The average molecular weight is 402 g/mol. The quantitative estimate of drug-likeness (QED) is 0.688. The topological polar surface area (TPSA) is 26.3 Å². The molecule has 0 saturated heterocycles. The van der Waals surface area contributed by atoms with E-state index in [4.69, 9.17) is 4.74 Å². The van der Waals surface area contributed by atoms with Crippen LogP contribution in [-0.4, -0.2) is 12.9 Å². The van der Waals surface area contributed by atoms with Crippen molar-refractivity contribution in [2.75, 3.05) is 7.11 Å². The molecular weight excluding hydrogens is 391 g/mol. The Kier molecular flexibility index (Phi) is 4.94. The van der Waals surface area contributed by atoms with Gasteiger partial charge >= 0.3 is 0 Å². The molecule has 2 aromatic carbocycles. The largest absolute Gasteiger partial charge is 0.496 e. The molecule has 2 nitrogen and oxygen atoms in total. The van der Waals surface area contributed by atoms with E-state index in [1.165, 1.54) is 12.1 Å². The minimum absolute atomic E-state index is 0.156. The summed E-state index contributed by atoms with van der Waals surface area (Å²) in [6.45, 7) is 0. The fourth-order valence-corrected chi connectivity index (χ4v) is 2.49. The number of hydrogen-bond acceptors (Lipinski definition) is 2. The molecule has 0 radical (unpaired) electrons. The van der Waals surface area contributed by atoms with Gasteiger partial charge < -0.3 is 4.74 Å². The highest BCUT2D eigenvalue weighted by molar-refractivity contribution is 9.10. The number of hydrogen-bond donors (Lipinski definition) is 0. The molecule has 0 unspecified atom stereocenters. The van der Waals surface area contributed by atoms with Crippen molar-refractivity contribution in [1.29, 1.82) is 0 Å². The molecule has 5 heteroatoms. The van der Waals surface area contributed by atoms with Gasteiger partial charge in [0.1, 0.15) is 11.6 Å². The van der Waals surface area contributed by atoms with E-state index in [9.17, 15) is 9.18 Å². The monoisotopic (exact) mass is 400 g/mol. The lowest BCUT2D eigenvalue weighted by Crippen LogP contribution is -2.05. The molecule has 0 amide bonds. The van der Waals surface area contributed by atoms with E-state index < -0.39 is 5.82 Å². The first-order valence-corrected chi connectivity index (χ1v) is 7.40. The number of carbonyl (C=O) groups excluding carboxylic acids is 1. The Hall–Kier alpha value is -1.20. The van der Waals surface area contributed by atoms with Crippen LogP contribution in [0, 0.1) is 5.82 Å². The van der Waals surface area contributed by atoms with E-state index in [1.54, 1.807) is 19.2 Å². The second-order valence-corrected chi connectivity index (χ2v) is 5.96. The van der Waals surface area contributed by atoms with Gasteiger partial charge in [0.25, 0.3) is 0 Å². The molecule has 0 spiro atoms. The molecule has 0 aromatic heterocycles. The standard InChI is InChI=1S/C15H11Br2FO2/c1-20-15-5-3-11(16)6-10(15)8-14(19)9-2-4-12(17)13(18)7-9/h2-7H,8H2,1H3. The maximum atomic E-state index is 13.5. The number of methoxy groups -OCH3 is 1. The highest BCUT2D eigenvalue weighted by Gasteiger charge is 2.13. The van der Waals surface area contributed by atoms with E-state index in [0.29, 0.717) is 15.8 Å². The van der Waals surface area contributed by atoms with Crippen molar-refractivity contribution in [3.05, 3.63) is 62.3 Å². The number of carbonyl (C=O) groups is 1. The van der Waals surface area contributed by atoms with Crippen LogP contribution in [0.15, 0.2) is 45.3 Å². The fourth-order valence-electron chi connectivity index (χ4n) is 1.83. The predicted molar refractivity (Wildman–Crippen MR) is 82.8 cm³/mol. The van der Waals surface area contributed by atoms with E-state index in [2.05, 4.69) is 31.9 Å². The third-order valence-electron chi connectivity index (χ3n) is 2.84. The summed E-state index contributed by atoms with van der Waals surface area (Å²) in [4.78, 5) is 12.2. The summed E-state index contributed by atoms with van der Waals surface area (Å²) in [7, 11) is 1.55. The Morgan fingerprint density at radius 2 is 1.95 bits per heavy atom. The minimum Gasteiger partial charge on any atom is -0.496 e. The van der Waals surface area contributed by atoms with Crippen molar-refractivity contribution in [3.8, 4) is 5.75 Å². The Bertz CT molecular complexity index is 656. The highest BCUT2D eigenvalue weighted by atomic mass is 79.9. The molecule has 0 aliphatic carbocycles. The maximum absolute atomic E-state index is 13.5. The second kappa shape index (κ2) is 6.50. The van der Waals surface area contributed by atoms with Crippen LogP contribution in [0.25, 0.3) is 0 Å². The summed E-state index contributed by atoms with van der Waals surface area (Å²) in [6, 6.07) is 9.81. The van der Waals surface area contributed by atoms with E-state index in [1.807, 2.05) is 12.1 Å². The van der Waals surface area contributed by atoms with Crippen molar-refractivity contribution in [2.24, 2.45) is 0 Å². The number of Topliss-reactive ketones (excluding diaryl/α,β-unsaturated/α-hetero) is 1. The first-order valence-electron chi connectivity index (χ1n) is 5.82. The second-order valence-electron chi connectivity index (χ2n) is 4.19. The Morgan fingerprint density at radius 3 is 2.60 bits per heavy atom. The Morgan fingerprint density at radius 1 is 1.20 bits per heavy atom. The number of ketones is 1. The lowest BCUT2D eigenvalue weighted by Gasteiger charge is -2.09. The number of halogens is 3. The molecule has 2 rings (SSSR count). The SMILES string of the molecule is COc1ccc(Br)cc1CC(=O)c1ccc(Br)c(F)c1. The van der Waals surface area contributed by atoms with Gasteiger partial charge in [-0.1, -0.05) is 22.0 Å². The summed E-state index contributed by atoms with van der Waals surface area (Å²) in [5.41, 5.74) is 1.10. The molecule has 0 saturated carbocycles. The number of benzene rings is 2. The van der Waals surface area contributed by atoms with Gasteiger partial charge in [-0.05, 0) is 46.3 Å². The first kappa shape index (κ1) is 15.2. The van der Waals surface area contributed by atoms with Gasteiger partial charge in [0, 0.05) is 22.0 Å². The Balaban J connectivity index is 2.27. The van der Waals surface area contributed by atoms with Gasteiger partial charge in [0.05, 0.1) is 11.6 Å². The molecular formula is C15H11Br2FO2. The molecule has 2 aromatic rings. The zero-order valence-electron chi connectivity index (χ0n) is 10.6. The summed E-state index contributed by atoms with van der Waals surface area (Å²) in [5, 5.41) is 0. The van der Waals surface area contributed by atoms with Gasteiger partial charge in [0.2, 0.25) is 0 Å². The molecule has 0 aliphatic heterocycles.